The van der Waals surface area contributed by atoms with Crippen LogP contribution in [0.4, 0.5) is 0 Å². The molecule has 0 unspecified atom stereocenters. The molecular formula is C18H21NO4. The first-order valence-electron chi connectivity index (χ1n) is 7.53. The number of carbonyl (C=O) groups is 2. The number of H-pyrrole nitrogens is 1. The number of esters is 2. The largest absolute Gasteiger partial charge is 0.461 e. The second-order valence-electron chi connectivity index (χ2n) is 5.35. The summed E-state index contributed by atoms with van der Waals surface area (Å²) < 4.78 is 10.4. The molecule has 0 saturated carbocycles. The van der Waals surface area contributed by atoms with Crippen LogP contribution in [0.3, 0.4) is 0 Å². The van der Waals surface area contributed by atoms with Gasteiger partial charge in [0.25, 0.3) is 0 Å². The molecule has 1 heterocycles. The second-order valence-corrected chi connectivity index (χ2v) is 5.35. The molecule has 0 amide bonds. The van der Waals surface area contributed by atoms with Crippen molar-refractivity contribution in [2.75, 3.05) is 6.61 Å². The molecule has 23 heavy (non-hydrogen) atoms. The Balaban J connectivity index is 2.17. The van der Waals surface area contributed by atoms with E-state index in [0.717, 1.165) is 11.1 Å². The summed E-state index contributed by atoms with van der Waals surface area (Å²) in [4.78, 5) is 27.2. The first-order chi connectivity index (χ1) is 11.0. The summed E-state index contributed by atoms with van der Waals surface area (Å²) in [5, 5.41) is 0. The molecule has 0 bridgehead atoms. The quantitative estimate of drug-likeness (QED) is 0.858. The highest BCUT2D eigenvalue weighted by Gasteiger charge is 2.23. The van der Waals surface area contributed by atoms with Gasteiger partial charge in [0.2, 0.25) is 0 Å². The molecule has 0 spiro atoms. The van der Waals surface area contributed by atoms with Crippen molar-refractivity contribution in [3.05, 3.63) is 57.9 Å². The zero-order valence-corrected chi connectivity index (χ0v) is 13.9. The number of hydrogen-bond donors (Lipinski definition) is 1. The first kappa shape index (κ1) is 16.8. The van der Waals surface area contributed by atoms with E-state index in [4.69, 9.17) is 9.47 Å². The standard InChI is InChI=1S/C18H21NO4/c1-5-22-18(21)16-12(3)15(13(4)19-16)17(20)23-10-14-9-7-6-8-11(14)2/h6-9,19H,5,10H2,1-4H3. The zero-order valence-electron chi connectivity index (χ0n) is 13.9. The minimum absolute atomic E-state index is 0.199. The van der Waals surface area contributed by atoms with Crippen LogP contribution >= 0.6 is 0 Å². The molecule has 0 aliphatic rings. The highest BCUT2D eigenvalue weighted by Crippen LogP contribution is 2.20. The Morgan fingerprint density at radius 2 is 1.74 bits per heavy atom. The van der Waals surface area contributed by atoms with Gasteiger partial charge in [-0.2, -0.15) is 0 Å². The first-order valence-corrected chi connectivity index (χ1v) is 7.53. The average molecular weight is 315 g/mol. The van der Waals surface area contributed by atoms with Gasteiger partial charge in [0.05, 0.1) is 12.2 Å². The molecule has 1 N–H and O–H groups in total. The van der Waals surface area contributed by atoms with Gasteiger partial charge < -0.3 is 14.5 Å². The van der Waals surface area contributed by atoms with Crippen LogP contribution in [0.1, 0.15) is 50.2 Å². The summed E-state index contributed by atoms with van der Waals surface area (Å²) in [7, 11) is 0. The minimum atomic E-state index is -0.467. The van der Waals surface area contributed by atoms with Gasteiger partial charge >= 0.3 is 11.9 Å². The Bertz CT molecular complexity index is 731. The van der Waals surface area contributed by atoms with E-state index in [0.29, 0.717) is 22.5 Å². The van der Waals surface area contributed by atoms with Crippen molar-refractivity contribution in [1.82, 2.24) is 4.98 Å². The van der Waals surface area contributed by atoms with Crippen LogP contribution in [-0.4, -0.2) is 23.5 Å². The fourth-order valence-corrected chi connectivity index (χ4v) is 2.45. The van der Waals surface area contributed by atoms with Crippen molar-refractivity contribution < 1.29 is 19.1 Å². The van der Waals surface area contributed by atoms with Crippen LogP contribution < -0.4 is 0 Å². The van der Waals surface area contributed by atoms with Crippen LogP contribution in [0.15, 0.2) is 24.3 Å². The molecule has 0 radical (unpaired) electrons. The van der Waals surface area contributed by atoms with Crippen molar-refractivity contribution in [2.45, 2.75) is 34.3 Å². The van der Waals surface area contributed by atoms with Crippen molar-refractivity contribution in [3.8, 4) is 0 Å². The Hall–Kier alpha value is -2.56. The Morgan fingerprint density at radius 3 is 2.39 bits per heavy atom. The van der Waals surface area contributed by atoms with Crippen LogP contribution in [0.2, 0.25) is 0 Å². The fourth-order valence-electron chi connectivity index (χ4n) is 2.45. The third-order valence-electron chi connectivity index (χ3n) is 3.74. The third-order valence-corrected chi connectivity index (χ3v) is 3.74. The normalized spacial score (nSPS) is 10.4. The highest BCUT2D eigenvalue weighted by molar-refractivity contribution is 5.98. The van der Waals surface area contributed by atoms with Gasteiger partial charge in [0.1, 0.15) is 12.3 Å². The van der Waals surface area contributed by atoms with E-state index in [2.05, 4.69) is 4.98 Å². The van der Waals surface area contributed by atoms with Gasteiger partial charge in [-0.1, -0.05) is 24.3 Å². The summed E-state index contributed by atoms with van der Waals surface area (Å²) in [6.45, 7) is 7.63. The Morgan fingerprint density at radius 1 is 1.04 bits per heavy atom. The van der Waals surface area contributed by atoms with E-state index in [-0.39, 0.29) is 13.2 Å². The zero-order chi connectivity index (χ0) is 17.0. The van der Waals surface area contributed by atoms with E-state index < -0.39 is 11.9 Å². The maximum absolute atomic E-state index is 12.4. The molecule has 122 valence electrons. The van der Waals surface area contributed by atoms with E-state index >= 15 is 0 Å². The summed E-state index contributed by atoms with van der Waals surface area (Å²) in [5.74, 6) is -0.916. The lowest BCUT2D eigenvalue weighted by Crippen LogP contribution is -2.09. The van der Waals surface area contributed by atoms with Crippen molar-refractivity contribution in [1.29, 1.82) is 0 Å². The Labute approximate surface area is 135 Å². The van der Waals surface area contributed by atoms with E-state index in [1.165, 1.54) is 0 Å². The van der Waals surface area contributed by atoms with Crippen LogP contribution in [0.5, 0.6) is 0 Å². The predicted molar refractivity (Wildman–Crippen MR) is 86.5 cm³/mol. The van der Waals surface area contributed by atoms with Crippen LogP contribution in [0, 0.1) is 20.8 Å². The molecular weight excluding hydrogens is 294 g/mol. The number of hydrogen-bond acceptors (Lipinski definition) is 4. The molecule has 0 aliphatic heterocycles. The van der Waals surface area contributed by atoms with Crippen molar-refractivity contribution in [3.63, 3.8) is 0 Å². The lowest BCUT2D eigenvalue weighted by Gasteiger charge is -2.08. The summed E-state index contributed by atoms with van der Waals surface area (Å²) in [6, 6.07) is 7.73. The fraction of sp³-hybridized carbons (Fsp3) is 0.333. The number of carbonyl (C=O) groups excluding carboxylic acids is 2. The molecule has 2 aromatic rings. The maximum atomic E-state index is 12.4. The van der Waals surface area contributed by atoms with Crippen molar-refractivity contribution >= 4 is 11.9 Å². The molecule has 0 atom stereocenters. The molecule has 0 fully saturated rings. The molecule has 0 aliphatic carbocycles. The number of benzene rings is 1. The van der Waals surface area contributed by atoms with E-state index in [9.17, 15) is 9.59 Å². The predicted octanol–water partition coefficient (Wildman–Crippen LogP) is 3.47. The van der Waals surface area contributed by atoms with Gasteiger partial charge in [-0.15, -0.1) is 0 Å². The summed E-state index contributed by atoms with van der Waals surface area (Å²) >= 11 is 0. The molecule has 5 nitrogen and oxygen atoms in total. The van der Waals surface area contributed by atoms with Crippen LogP contribution in [0.25, 0.3) is 0 Å². The van der Waals surface area contributed by atoms with Crippen LogP contribution in [-0.2, 0) is 16.1 Å². The molecule has 1 aromatic heterocycles. The highest BCUT2D eigenvalue weighted by atomic mass is 16.5. The molecule has 2 rings (SSSR count). The second kappa shape index (κ2) is 7.13. The number of rotatable bonds is 5. The smallest absolute Gasteiger partial charge is 0.355 e. The van der Waals surface area contributed by atoms with Gasteiger partial charge in [0, 0.05) is 5.69 Å². The topological polar surface area (TPSA) is 68.4 Å². The third kappa shape index (κ3) is 3.62. The average Bonchev–Trinajstić information content (AvgIpc) is 2.81. The molecule has 5 heteroatoms. The Kier molecular flexibility index (Phi) is 5.21. The van der Waals surface area contributed by atoms with Gasteiger partial charge in [-0.3, -0.25) is 0 Å². The van der Waals surface area contributed by atoms with E-state index in [1.807, 2.05) is 31.2 Å². The van der Waals surface area contributed by atoms with Crippen molar-refractivity contribution in [2.24, 2.45) is 0 Å². The number of aromatic amines is 1. The van der Waals surface area contributed by atoms with Gasteiger partial charge in [-0.05, 0) is 44.4 Å². The summed E-state index contributed by atoms with van der Waals surface area (Å²) in [6.07, 6.45) is 0. The minimum Gasteiger partial charge on any atom is -0.461 e. The number of ether oxygens (including phenoxy) is 2. The van der Waals surface area contributed by atoms with Gasteiger partial charge in [0.15, 0.2) is 0 Å². The summed E-state index contributed by atoms with van der Waals surface area (Å²) in [5.41, 5.74) is 3.86. The number of aryl methyl sites for hydroxylation is 2. The van der Waals surface area contributed by atoms with E-state index in [1.54, 1.807) is 20.8 Å². The monoisotopic (exact) mass is 315 g/mol. The molecule has 0 saturated heterocycles. The maximum Gasteiger partial charge on any atom is 0.355 e. The number of nitrogens with one attached hydrogen (secondary N) is 1. The molecule has 1 aromatic carbocycles. The van der Waals surface area contributed by atoms with Gasteiger partial charge in [-0.25, -0.2) is 9.59 Å². The number of aromatic nitrogens is 1. The lowest BCUT2D eigenvalue weighted by molar-refractivity contribution is 0.0470. The lowest BCUT2D eigenvalue weighted by atomic mass is 10.1. The SMILES string of the molecule is CCOC(=O)c1[nH]c(C)c(C(=O)OCc2ccccc2C)c1C.